The summed E-state index contributed by atoms with van der Waals surface area (Å²) in [5.41, 5.74) is 4.46. The number of nitrogens with one attached hydrogen (secondary N) is 1. The molecule has 1 aliphatic heterocycles. The van der Waals surface area contributed by atoms with E-state index in [4.69, 9.17) is 4.98 Å². The topological polar surface area (TPSA) is 92.6 Å². The molecular weight excluding hydrogens is 318 g/mol. The van der Waals surface area contributed by atoms with Crippen LogP contribution in [-0.2, 0) is 11.3 Å². The number of H-pyrrole nitrogens is 1. The molecule has 8 heteroatoms. The van der Waals surface area contributed by atoms with Gasteiger partial charge in [0, 0.05) is 13.0 Å². The van der Waals surface area contributed by atoms with Gasteiger partial charge in [-0.25, -0.2) is 9.67 Å². The van der Waals surface area contributed by atoms with Crippen molar-refractivity contribution in [3.05, 3.63) is 35.4 Å². The van der Waals surface area contributed by atoms with Gasteiger partial charge in [-0.05, 0) is 60.4 Å². The lowest BCUT2D eigenvalue weighted by molar-refractivity contribution is -0.132. The van der Waals surface area contributed by atoms with Crippen molar-refractivity contribution in [2.45, 2.75) is 45.7 Å². The molecule has 1 fully saturated rings. The van der Waals surface area contributed by atoms with Crippen LogP contribution in [0.4, 0.5) is 0 Å². The summed E-state index contributed by atoms with van der Waals surface area (Å²) in [6.45, 7) is 5.45. The van der Waals surface area contributed by atoms with Crippen molar-refractivity contribution < 1.29 is 4.79 Å². The Labute approximate surface area is 145 Å². The molecule has 1 aromatic carbocycles. The van der Waals surface area contributed by atoms with E-state index in [1.807, 2.05) is 4.90 Å². The SMILES string of the molecule is Cc1cc2nc(C3CCCN3C(=O)CCn3cnnn3)[nH]c2cc1C. The Morgan fingerprint density at radius 3 is 2.96 bits per heavy atom. The van der Waals surface area contributed by atoms with Crippen molar-refractivity contribution in [3.8, 4) is 0 Å². The normalized spacial score (nSPS) is 17.5. The number of nitrogens with zero attached hydrogens (tertiary/aromatic N) is 6. The predicted octanol–water partition coefficient (Wildman–Crippen LogP) is 1.92. The number of rotatable bonds is 4. The van der Waals surface area contributed by atoms with Gasteiger partial charge in [0.1, 0.15) is 12.2 Å². The first-order valence-corrected chi connectivity index (χ1v) is 8.59. The molecular formula is C17H21N7O. The van der Waals surface area contributed by atoms with E-state index in [9.17, 15) is 4.79 Å². The number of aryl methyl sites for hydroxylation is 3. The summed E-state index contributed by atoms with van der Waals surface area (Å²) in [6.07, 6.45) is 3.85. The van der Waals surface area contributed by atoms with Crippen LogP contribution in [0.15, 0.2) is 18.5 Å². The fourth-order valence-electron chi connectivity index (χ4n) is 3.43. The maximum Gasteiger partial charge on any atom is 0.225 e. The van der Waals surface area contributed by atoms with Crippen LogP contribution in [0.5, 0.6) is 0 Å². The Balaban J connectivity index is 1.53. The summed E-state index contributed by atoms with van der Waals surface area (Å²) in [4.78, 5) is 22.8. The molecule has 1 saturated heterocycles. The Bertz CT molecular complexity index is 860. The van der Waals surface area contributed by atoms with Gasteiger partial charge in [-0.1, -0.05) is 0 Å². The molecule has 25 heavy (non-hydrogen) atoms. The fourth-order valence-corrected chi connectivity index (χ4v) is 3.43. The second-order valence-electron chi connectivity index (χ2n) is 6.64. The van der Waals surface area contributed by atoms with Gasteiger partial charge in [-0.15, -0.1) is 5.10 Å². The number of imidazole rings is 1. The molecule has 1 N–H and O–H groups in total. The molecule has 3 aromatic rings. The predicted molar refractivity (Wildman–Crippen MR) is 91.7 cm³/mol. The molecule has 1 unspecified atom stereocenters. The van der Waals surface area contributed by atoms with Gasteiger partial charge in [-0.2, -0.15) is 0 Å². The van der Waals surface area contributed by atoms with Crippen molar-refractivity contribution in [3.63, 3.8) is 0 Å². The van der Waals surface area contributed by atoms with Crippen LogP contribution in [0.25, 0.3) is 11.0 Å². The van der Waals surface area contributed by atoms with Crippen molar-refractivity contribution >= 4 is 16.9 Å². The third kappa shape index (κ3) is 2.99. The molecule has 2 aromatic heterocycles. The number of carbonyl (C=O) groups excluding carboxylic acids is 1. The number of likely N-dealkylation sites (tertiary alicyclic amines) is 1. The molecule has 0 bridgehead atoms. The maximum atomic E-state index is 12.7. The van der Waals surface area contributed by atoms with Crippen molar-refractivity contribution in [1.82, 2.24) is 35.1 Å². The van der Waals surface area contributed by atoms with E-state index in [0.29, 0.717) is 13.0 Å². The summed E-state index contributed by atoms with van der Waals surface area (Å²) in [5.74, 6) is 0.999. The standard InChI is InChI=1S/C17H21N7O/c1-11-8-13-14(9-12(11)2)20-17(19-13)15-4-3-6-24(15)16(25)5-7-23-10-18-21-22-23/h8-10,15H,3-7H2,1-2H3,(H,19,20). The van der Waals surface area contributed by atoms with Crippen molar-refractivity contribution in [2.75, 3.05) is 6.54 Å². The third-order valence-corrected chi connectivity index (χ3v) is 4.95. The summed E-state index contributed by atoms with van der Waals surface area (Å²) in [6, 6.07) is 4.25. The number of hydrogen-bond acceptors (Lipinski definition) is 5. The molecule has 0 saturated carbocycles. The number of fused-ring (bicyclic) bond motifs is 1. The second kappa shape index (κ2) is 6.27. The number of tetrazole rings is 1. The molecule has 0 aliphatic carbocycles. The Morgan fingerprint density at radius 2 is 2.16 bits per heavy atom. The van der Waals surface area contributed by atoms with Crippen LogP contribution >= 0.6 is 0 Å². The van der Waals surface area contributed by atoms with Crippen molar-refractivity contribution in [2.24, 2.45) is 0 Å². The van der Waals surface area contributed by atoms with Crippen LogP contribution in [0.2, 0.25) is 0 Å². The molecule has 4 rings (SSSR count). The first-order valence-electron chi connectivity index (χ1n) is 8.59. The van der Waals surface area contributed by atoms with E-state index in [0.717, 1.165) is 36.2 Å². The average molecular weight is 339 g/mol. The number of amides is 1. The summed E-state index contributed by atoms with van der Waals surface area (Å²) in [5, 5.41) is 11.0. The second-order valence-corrected chi connectivity index (χ2v) is 6.64. The molecule has 1 amide bonds. The molecule has 0 spiro atoms. The smallest absolute Gasteiger partial charge is 0.225 e. The van der Waals surface area contributed by atoms with Crippen LogP contribution in [0, 0.1) is 13.8 Å². The molecule has 130 valence electrons. The highest BCUT2D eigenvalue weighted by Crippen LogP contribution is 2.32. The number of benzene rings is 1. The first-order chi connectivity index (χ1) is 12.1. The third-order valence-electron chi connectivity index (χ3n) is 4.95. The minimum absolute atomic E-state index is 0.0226. The van der Waals surface area contributed by atoms with E-state index >= 15 is 0 Å². The number of carbonyl (C=O) groups is 1. The van der Waals surface area contributed by atoms with Gasteiger partial charge >= 0.3 is 0 Å². The van der Waals surface area contributed by atoms with E-state index in [1.165, 1.54) is 17.5 Å². The highest BCUT2D eigenvalue weighted by molar-refractivity contribution is 5.79. The Hall–Kier alpha value is -2.77. The molecule has 8 nitrogen and oxygen atoms in total. The number of aromatic nitrogens is 6. The largest absolute Gasteiger partial charge is 0.340 e. The van der Waals surface area contributed by atoms with Gasteiger partial charge in [-0.3, -0.25) is 4.79 Å². The quantitative estimate of drug-likeness (QED) is 0.784. The summed E-state index contributed by atoms with van der Waals surface area (Å²) < 4.78 is 1.58. The van der Waals surface area contributed by atoms with Gasteiger partial charge < -0.3 is 9.88 Å². The van der Waals surface area contributed by atoms with Crippen LogP contribution in [0.3, 0.4) is 0 Å². The molecule has 1 aliphatic rings. The highest BCUT2D eigenvalue weighted by atomic mass is 16.2. The fraction of sp³-hybridized carbons (Fsp3) is 0.471. The van der Waals surface area contributed by atoms with Crippen LogP contribution in [0.1, 0.15) is 42.3 Å². The van der Waals surface area contributed by atoms with Crippen LogP contribution < -0.4 is 0 Å². The minimum Gasteiger partial charge on any atom is -0.340 e. The first kappa shape index (κ1) is 15.7. The van der Waals surface area contributed by atoms with Gasteiger partial charge in [0.15, 0.2) is 0 Å². The minimum atomic E-state index is 0.0226. The van der Waals surface area contributed by atoms with Gasteiger partial charge in [0.2, 0.25) is 5.91 Å². The van der Waals surface area contributed by atoms with E-state index < -0.39 is 0 Å². The zero-order valence-electron chi connectivity index (χ0n) is 14.4. The lowest BCUT2D eigenvalue weighted by Crippen LogP contribution is -2.31. The van der Waals surface area contributed by atoms with E-state index in [2.05, 4.69) is 46.5 Å². The zero-order chi connectivity index (χ0) is 17.4. The lowest BCUT2D eigenvalue weighted by Gasteiger charge is -2.23. The van der Waals surface area contributed by atoms with Crippen LogP contribution in [-0.4, -0.2) is 47.5 Å². The Morgan fingerprint density at radius 1 is 1.32 bits per heavy atom. The monoisotopic (exact) mass is 339 g/mol. The molecule has 1 atom stereocenters. The average Bonchev–Trinajstić information content (AvgIpc) is 3.33. The lowest BCUT2D eigenvalue weighted by atomic mass is 10.1. The molecule has 3 heterocycles. The zero-order valence-corrected chi connectivity index (χ0v) is 14.4. The summed E-state index contributed by atoms with van der Waals surface area (Å²) >= 11 is 0. The van der Waals surface area contributed by atoms with E-state index in [-0.39, 0.29) is 11.9 Å². The van der Waals surface area contributed by atoms with Gasteiger partial charge in [0.25, 0.3) is 0 Å². The Kier molecular flexibility index (Phi) is 3.95. The van der Waals surface area contributed by atoms with Crippen molar-refractivity contribution in [1.29, 1.82) is 0 Å². The molecule has 0 radical (unpaired) electrons. The number of hydrogen-bond donors (Lipinski definition) is 1. The van der Waals surface area contributed by atoms with E-state index in [1.54, 1.807) is 4.68 Å². The summed E-state index contributed by atoms with van der Waals surface area (Å²) in [7, 11) is 0. The van der Waals surface area contributed by atoms with Gasteiger partial charge in [0.05, 0.1) is 23.6 Å². The maximum absolute atomic E-state index is 12.7. The number of aromatic amines is 1. The highest BCUT2D eigenvalue weighted by Gasteiger charge is 2.31.